The quantitative estimate of drug-likeness (QED) is 0.200. The largest absolute Gasteiger partial charge is 0.355 e. The predicted octanol–water partition coefficient (Wildman–Crippen LogP) is 7.82. The van der Waals surface area contributed by atoms with Gasteiger partial charge in [-0.2, -0.15) is 0 Å². The maximum atomic E-state index is 14.1. The number of carbonyl (C=O) groups is 1. The number of hydrogen-bond acceptors (Lipinski definition) is 4. The summed E-state index contributed by atoms with van der Waals surface area (Å²) in [6.45, 7) is 0.942. The van der Waals surface area contributed by atoms with Crippen LogP contribution in [0.1, 0.15) is 12.0 Å². The Morgan fingerprint density at radius 1 is 0.846 bits per heavy atom. The summed E-state index contributed by atoms with van der Waals surface area (Å²) < 4.78 is 14.1. The Balaban J connectivity index is 1.51. The van der Waals surface area contributed by atoms with Gasteiger partial charge < -0.3 is 10.2 Å². The average molecular weight is 559 g/mol. The monoisotopic (exact) mass is 558 g/mol. The van der Waals surface area contributed by atoms with E-state index >= 15 is 0 Å². The molecule has 0 aliphatic rings. The second-order valence-electron chi connectivity index (χ2n) is 9.01. The molecule has 0 fully saturated rings. The van der Waals surface area contributed by atoms with Crippen molar-refractivity contribution >= 4 is 51.5 Å². The van der Waals surface area contributed by atoms with Crippen molar-refractivity contribution in [1.82, 2.24) is 9.97 Å². The predicted molar refractivity (Wildman–Crippen MR) is 157 cm³/mol. The van der Waals surface area contributed by atoms with E-state index in [0.717, 1.165) is 17.4 Å². The van der Waals surface area contributed by atoms with E-state index in [9.17, 15) is 9.18 Å². The van der Waals surface area contributed by atoms with Gasteiger partial charge in [-0.3, -0.25) is 4.79 Å². The molecule has 0 saturated heterocycles. The summed E-state index contributed by atoms with van der Waals surface area (Å²) >= 11 is 12.8. The van der Waals surface area contributed by atoms with E-state index in [0.29, 0.717) is 45.9 Å². The molecule has 1 amide bonds. The van der Waals surface area contributed by atoms with Crippen LogP contribution < -0.4 is 10.2 Å². The zero-order valence-corrected chi connectivity index (χ0v) is 22.5. The molecule has 1 N–H and O–H groups in total. The lowest BCUT2D eigenvalue weighted by atomic mass is 10.1. The zero-order valence-electron chi connectivity index (χ0n) is 20.9. The van der Waals surface area contributed by atoms with Crippen LogP contribution in [0.2, 0.25) is 10.0 Å². The highest BCUT2D eigenvalue weighted by atomic mass is 35.5. The first-order chi connectivity index (χ1) is 19.0. The van der Waals surface area contributed by atoms with Crippen molar-refractivity contribution in [3.05, 3.63) is 118 Å². The van der Waals surface area contributed by atoms with Gasteiger partial charge in [-0.05, 0) is 54.4 Å². The molecule has 0 aliphatic heterocycles. The van der Waals surface area contributed by atoms with Crippen LogP contribution in [-0.2, 0) is 11.2 Å². The van der Waals surface area contributed by atoms with E-state index in [1.807, 2.05) is 42.5 Å². The van der Waals surface area contributed by atoms with Gasteiger partial charge in [0.05, 0.1) is 16.2 Å². The summed E-state index contributed by atoms with van der Waals surface area (Å²) in [6, 6.07) is 29.1. The molecule has 0 radical (unpaired) electrons. The molecule has 0 spiro atoms. The number of hydrogen-bond donors (Lipinski definition) is 1. The van der Waals surface area contributed by atoms with E-state index in [-0.39, 0.29) is 18.0 Å². The van der Waals surface area contributed by atoms with Gasteiger partial charge in [-0.15, -0.1) is 0 Å². The van der Waals surface area contributed by atoms with Crippen molar-refractivity contribution in [3.8, 4) is 11.4 Å². The number of anilines is 2. The van der Waals surface area contributed by atoms with Crippen molar-refractivity contribution < 1.29 is 9.18 Å². The first kappa shape index (κ1) is 26.6. The molecule has 0 saturated carbocycles. The van der Waals surface area contributed by atoms with E-state index in [2.05, 4.69) is 22.3 Å². The SMILES string of the molecule is O=C(CCN(CCc1ccccc1)c1nc(-c2ccccc2Cl)nc2cc(Cl)ccc12)Nc1ccccc1F. The van der Waals surface area contributed by atoms with Crippen molar-refractivity contribution in [2.45, 2.75) is 12.8 Å². The van der Waals surface area contributed by atoms with E-state index in [1.54, 1.807) is 30.3 Å². The van der Waals surface area contributed by atoms with Gasteiger partial charge >= 0.3 is 0 Å². The molecule has 1 aromatic heterocycles. The minimum Gasteiger partial charge on any atom is -0.355 e. The molecule has 1 heterocycles. The fourth-order valence-electron chi connectivity index (χ4n) is 4.33. The Morgan fingerprint density at radius 3 is 2.38 bits per heavy atom. The normalized spacial score (nSPS) is 10.9. The number of nitrogens with zero attached hydrogens (tertiary/aromatic N) is 3. The lowest BCUT2D eigenvalue weighted by Gasteiger charge is -2.26. The Labute approximate surface area is 236 Å². The van der Waals surface area contributed by atoms with E-state index < -0.39 is 5.82 Å². The van der Waals surface area contributed by atoms with Crippen molar-refractivity contribution in [3.63, 3.8) is 0 Å². The number of para-hydroxylation sites is 1. The minimum absolute atomic E-state index is 0.129. The van der Waals surface area contributed by atoms with Crippen molar-refractivity contribution in [2.24, 2.45) is 0 Å². The van der Waals surface area contributed by atoms with Gasteiger partial charge in [0.1, 0.15) is 11.6 Å². The molecule has 8 heteroatoms. The zero-order chi connectivity index (χ0) is 27.2. The number of fused-ring (bicyclic) bond motifs is 1. The number of amides is 1. The number of benzene rings is 4. The fraction of sp³-hybridized carbons (Fsp3) is 0.129. The van der Waals surface area contributed by atoms with Gasteiger partial charge in [-0.25, -0.2) is 14.4 Å². The van der Waals surface area contributed by atoms with Crippen LogP contribution in [-0.4, -0.2) is 29.0 Å². The number of halogens is 3. The molecule has 0 unspecified atom stereocenters. The topological polar surface area (TPSA) is 58.1 Å². The molecule has 5 nitrogen and oxygen atoms in total. The van der Waals surface area contributed by atoms with Gasteiger partial charge in [-0.1, -0.05) is 77.8 Å². The molecule has 0 atom stereocenters. The number of aromatic nitrogens is 2. The maximum absolute atomic E-state index is 14.1. The van der Waals surface area contributed by atoms with Crippen LogP contribution in [0.3, 0.4) is 0 Å². The van der Waals surface area contributed by atoms with Gasteiger partial charge in [0.15, 0.2) is 5.82 Å². The maximum Gasteiger partial charge on any atom is 0.226 e. The first-order valence-corrected chi connectivity index (χ1v) is 13.3. The molecule has 5 aromatic rings. The van der Waals surface area contributed by atoms with Gasteiger partial charge in [0, 0.05) is 35.5 Å². The van der Waals surface area contributed by atoms with Crippen molar-refractivity contribution in [2.75, 3.05) is 23.3 Å². The highest BCUT2D eigenvalue weighted by molar-refractivity contribution is 6.33. The van der Waals surface area contributed by atoms with Crippen LogP contribution in [0.4, 0.5) is 15.9 Å². The molecular weight excluding hydrogens is 534 g/mol. The third kappa shape index (κ3) is 6.53. The molecule has 0 aliphatic carbocycles. The summed E-state index contributed by atoms with van der Waals surface area (Å²) in [5.41, 5.74) is 2.68. The smallest absolute Gasteiger partial charge is 0.226 e. The van der Waals surface area contributed by atoms with E-state index in [1.165, 1.54) is 12.1 Å². The van der Waals surface area contributed by atoms with Gasteiger partial charge in [0.25, 0.3) is 0 Å². The third-order valence-corrected chi connectivity index (χ3v) is 6.89. The first-order valence-electron chi connectivity index (χ1n) is 12.5. The van der Waals surface area contributed by atoms with Crippen LogP contribution in [0.25, 0.3) is 22.3 Å². The summed E-state index contributed by atoms with van der Waals surface area (Å²) in [7, 11) is 0. The molecular formula is C31H25Cl2FN4O. The van der Waals surface area contributed by atoms with Crippen molar-refractivity contribution in [1.29, 1.82) is 0 Å². The molecule has 196 valence electrons. The minimum atomic E-state index is -0.477. The summed E-state index contributed by atoms with van der Waals surface area (Å²) in [5.74, 6) is 0.361. The second-order valence-corrected chi connectivity index (χ2v) is 9.86. The Kier molecular flexibility index (Phi) is 8.35. The van der Waals surface area contributed by atoms with E-state index in [4.69, 9.17) is 33.2 Å². The highest BCUT2D eigenvalue weighted by Gasteiger charge is 2.19. The van der Waals surface area contributed by atoms with Gasteiger partial charge in [0.2, 0.25) is 5.91 Å². The summed E-state index contributed by atoms with van der Waals surface area (Å²) in [5, 5.41) is 4.56. The third-order valence-electron chi connectivity index (χ3n) is 6.32. The molecule has 4 aromatic carbocycles. The Bertz CT molecular complexity index is 1610. The standard InChI is InChI=1S/C31H25Cl2FN4O/c32-22-14-15-24-28(20-22)36-30(23-10-4-5-11-25(23)33)37-31(24)38(18-16-21-8-2-1-3-9-21)19-17-29(39)35-27-13-7-6-12-26(27)34/h1-15,20H,16-19H2,(H,35,39). The number of rotatable bonds is 9. The van der Waals surface area contributed by atoms with Crippen LogP contribution in [0, 0.1) is 5.82 Å². The lowest BCUT2D eigenvalue weighted by molar-refractivity contribution is -0.116. The Hall–Kier alpha value is -4.00. The summed E-state index contributed by atoms with van der Waals surface area (Å²) in [6.07, 6.45) is 0.861. The van der Waals surface area contributed by atoms with Crippen LogP contribution >= 0.6 is 23.2 Å². The molecule has 39 heavy (non-hydrogen) atoms. The van der Waals surface area contributed by atoms with Crippen LogP contribution in [0.15, 0.2) is 97.1 Å². The van der Waals surface area contributed by atoms with Crippen LogP contribution in [0.5, 0.6) is 0 Å². The fourth-order valence-corrected chi connectivity index (χ4v) is 4.72. The molecule has 0 bridgehead atoms. The highest BCUT2D eigenvalue weighted by Crippen LogP contribution is 2.32. The summed E-state index contributed by atoms with van der Waals surface area (Å²) in [4.78, 5) is 24.6. The average Bonchev–Trinajstić information content (AvgIpc) is 2.94. The Morgan fingerprint density at radius 2 is 1.59 bits per heavy atom. The lowest BCUT2D eigenvalue weighted by Crippen LogP contribution is -2.31. The molecule has 5 rings (SSSR count). The number of carbonyl (C=O) groups excluding carboxylic acids is 1. The number of nitrogens with one attached hydrogen (secondary N) is 1. The second kappa shape index (κ2) is 12.2.